The number of methoxy groups -OCH3 is 1. The lowest BCUT2D eigenvalue weighted by Gasteiger charge is -2.21. The number of ether oxygens (including phenoxy) is 1. The van der Waals surface area contributed by atoms with E-state index in [-0.39, 0.29) is 6.04 Å². The summed E-state index contributed by atoms with van der Waals surface area (Å²) < 4.78 is 6.33. The Balaban J connectivity index is 2.45. The summed E-state index contributed by atoms with van der Waals surface area (Å²) in [6.45, 7) is 5.05. The van der Waals surface area contributed by atoms with Gasteiger partial charge in [0.1, 0.15) is 5.75 Å². The molecule has 4 heteroatoms. The third kappa shape index (κ3) is 3.79. The van der Waals surface area contributed by atoms with Crippen molar-refractivity contribution in [2.45, 2.75) is 19.9 Å². The predicted octanol–water partition coefficient (Wildman–Crippen LogP) is 5.12. The molecule has 0 heterocycles. The lowest BCUT2D eigenvalue weighted by Crippen LogP contribution is -2.22. The molecular formula is C17H19BrClNO. The first-order valence-corrected chi connectivity index (χ1v) is 8.06. The largest absolute Gasteiger partial charge is 0.497 e. The van der Waals surface area contributed by atoms with Crippen molar-refractivity contribution in [1.82, 2.24) is 5.32 Å². The van der Waals surface area contributed by atoms with Gasteiger partial charge in [0, 0.05) is 9.50 Å². The SMILES string of the molecule is CCNC(c1ccc(Br)c(C)c1)c1ccc(OC)cc1Cl. The second-order valence-corrected chi connectivity index (χ2v) is 6.15. The highest BCUT2D eigenvalue weighted by molar-refractivity contribution is 9.10. The zero-order valence-electron chi connectivity index (χ0n) is 12.4. The van der Waals surface area contributed by atoms with E-state index in [1.807, 2.05) is 18.2 Å². The lowest BCUT2D eigenvalue weighted by atomic mass is 9.97. The first-order chi connectivity index (χ1) is 10.1. The Labute approximate surface area is 139 Å². The maximum atomic E-state index is 6.43. The number of benzene rings is 2. The van der Waals surface area contributed by atoms with E-state index in [0.29, 0.717) is 5.02 Å². The average Bonchev–Trinajstić information content (AvgIpc) is 2.48. The monoisotopic (exact) mass is 367 g/mol. The van der Waals surface area contributed by atoms with E-state index < -0.39 is 0 Å². The van der Waals surface area contributed by atoms with E-state index in [0.717, 1.165) is 22.3 Å². The fraction of sp³-hybridized carbons (Fsp3) is 0.294. The van der Waals surface area contributed by atoms with Crippen LogP contribution in [-0.4, -0.2) is 13.7 Å². The molecule has 1 N–H and O–H groups in total. The van der Waals surface area contributed by atoms with Crippen LogP contribution in [0.3, 0.4) is 0 Å². The molecule has 2 rings (SSSR count). The molecule has 0 saturated heterocycles. The van der Waals surface area contributed by atoms with Crippen LogP contribution in [0.5, 0.6) is 5.75 Å². The molecule has 0 aliphatic carbocycles. The average molecular weight is 369 g/mol. The summed E-state index contributed by atoms with van der Waals surface area (Å²) in [5, 5.41) is 4.21. The molecule has 0 aliphatic rings. The Bertz CT molecular complexity index is 630. The molecule has 0 fully saturated rings. The molecule has 1 atom stereocenters. The second-order valence-electron chi connectivity index (χ2n) is 4.89. The van der Waals surface area contributed by atoms with Crippen molar-refractivity contribution in [2.24, 2.45) is 0 Å². The molecule has 1 unspecified atom stereocenters. The van der Waals surface area contributed by atoms with Crippen molar-refractivity contribution in [2.75, 3.05) is 13.7 Å². The van der Waals surface area contributed by atoms with Gasteiger partial charge in [0.05, 0.1) is 13.2 Å². The Hall–Kier alpha value is -1.03. The van der Waals surface area contributed by atoms with Gasteiger partial charge in [-0.2, -0.15) is 0 Å². The third-order valence-electron chi connectivity index (χ3n) is 3.44. The fourth-order valence-corrected chi connectivity index (χ4v) is 2.85. The van der Waals surface area contributed by atoms with E-state index in [1.54, 1.807) is 7.11 Å². The summed E-state index contributed by atoms with van der Waals surface area (Å²) in [7, 11) is 1.64. The minimum absolute atomic E-state index is 0.0696. The molecule has 0 radical (unpaired) electrons. The van der Waals surface area contributed by atoms with Crippen molar-refractivity contribution in [3.8, 4) is 5.75 Å². The summed E-state index contributed by atoms with van der Waals surface area (Å²) in [4.78, 5) is 0. The second kappa shape index (κ2) is 7.30. The predicted molar refractivity (Wildman–Crippen MR) is 92.4 cm³/mol. The van der Waals surface area contributed by atoms with Gasteiger partial charge < -0.3 is 10.1 Å². The number of aryl methyl sites for hydroxylation is 1. The first-order valence-electron chi connectivity index (χ1n) is 6.89. The van der Waals surface area contributed by atoms with E-state index in [9.17, 15) is 0 Å². The summed E-state index contributed by atoms with van der Waals surface area (Å²) in [5.41, 5.74) is 3.46. The molecule has 0 amide bonds. The summed E-state index contributed by atoms with van der Waals surface area (Å²) in [6.07, 6.45) is 0. The number of nitrogens with one attached hydrogen (secondary N) is 1. The maximum Gasteiger partial charge on any atom is 0.120 e. The molecule has 2 aromatic rings. The fourth-order valence-electron chi connectivity index (χ4n) is 2.33. The minimum Gasteiger partial charge on any atom is -0.497 e. The van der Waals surface area contributed by atoms with Crippen LogP contribution in [0.25, 0.3) is 0 Å². The molecule has 0 spiro atoms. The van der Waals surface area contributed by atoms with Crippen LogP contribution < -0.4 is 10.1 Å². The van der Waals surface area contributed by atoms with Gasteiger partial charge in [-0.15, -0.1) is 0 Å². The van der Waals surface area contributed by atoms with Crippen LogP contribution in [0.15, 0.2) is 40.9 Å². The summed E-state index contributed by atoms with van der Waals surface area (Å²) >= 11 is 9.97. The van der Waals surface area contributed by atoms with E-state index in [2.05, 4.69) is 53.3 Å². The van der Waals surface area contributed by atoms with Crippen LogP contribution in [0, 0.1) is 6.92 Å². The van der Waals surface area contributed by atoms with Gasteiger partial charge in [-0.3, -0.25) is 0 Å². The van der Waals surface area contributed by atoms with E-state index in [1.165, 1.54) is 11.1 Å². The normalized spacial score (nSPS) is 12.2. The van der Waals surface area contributed by atoms with Gasteiger partial charge >= 0.3 is 0 Å². The zero-order valence-corrected chi connectivity index (χ0v) is 14.8. The van der Waals surface area contributed by atoms with Crippen molar-refractivity contribution < 1.29 is 4.74 Å². The molecular weight excluding hydrogens is 350 g/mol. The zero-order chi connectivity index (χ0) is 15.4. The molecule has 112 valence electrons. The molecule has 0 saturated carbocycles. The number of halogens is 2. The minimum atomic E-state index is 0.0696. The summed E-state index contributed by atoms with van der Waals surface area (Å²) in [5.74, 6) is 0.769. The van der Waals surface area contributed by atoms with Gasteiger partial charge in [0.2, 0.25) is 0 Å². The topological polar surface area (TPSA) is 21.3 Å². The van der Waals surface area contributed by atoms with Gasteiger partial charge in [-0.25, -0.2) is 0 Å². The van der Waals surface area contributed by atoms with Crippen LogP contribution in [0.2, 0.25) is 5.02 Å². The molecule has 2 aromatic carbocycles. The Morgan fingerprint density at radius 2 is 2.00 bits per heavy atom. The highest BCUT2D eigenvalue weighted by Crippen LogP contribution is 2.32. The van der Waals surface area contributed by atoms with Gasteiger partial charge in [0.25, 0.3) is 0 Å². The third-order valence-corrected chi connectivity index (χ3v) is 4.66. The van der Waals surface area contributed by atoms with Crippen LogP contribution in [0.4, 0.5) is 0 Å². The Kier molecular flexibility index (Phi) is 5.68. The number of rotatable bonds is 5. The Morgan fingerprint density at radius 1 is 1.24 bits per heavy atom. The van der Waals surface area contributed by atoms with E-state index in [4.69, 9.17) is 16.3 Å². The van der Waals surface area contributed by atoms with Crippen molar-refractivity contribution in [3.05, 3.63) is 62.6 Å². The van der Waals surface area contributed by atoms with Gasteiger partial charge in [-0.05, 0) is 48.4 Å². The highest BCUT2D eigenvalue weighted by Gasteiger charge is 2.17. The van der Waals surface area contributed by atoms with Crippen molar-refractivity contribution in [1.29, 1.82) is 0 Å². The molecule has 0 aromatic heterocycles. The maximum absolute atomic E-state index is 6.43. The van der Waals surface area contributed by atoms with Crippen LogP contribution in [-0.2, 0) is 0 Å². The smallest absolute Gasteiger partial charge is 0.120 e. The number of hydrogen-bond acceptors (Lipinski definition) is 2. The van der Waals surface area contributed by atoms with Crippen molar-refractivity contribution >= 4 is 27.5 Å². The molecule has 2 nitrogen and oxygen atoms in total. The van der Waals surface area contributed by atoms with Crippen molar-refractivity contribution in [3.63, 3.8) is 0 Å². The highest BCUT2D eigenvalue weighted by atomic mass is 79.9. The molecule has 0 bridgehead atoms. The standard InChI is InChI=1S/C17H19BrClNO/c1-4-20-17(12-5-8-15(18)11(2)9-12)14-7-6-13(21-3)10-16(14)19/h5-10,17,20H,4H2,1-3H3. The quantitative estimate of drug-likeness (QED) is 0.791. The molecule has 0 aliphatic heterocycles. The van der Waals surface area contributed by atoms with Crippen LogP contribution in [0.1, 0.15) is 29.7 Å². The Morgan fingerprint density at radius 3 is 2.57 bits per heavy atom. The van der Waals surface area contributed by atoms with E-state index >= 15 is 0 Å². The number of hydrogen-bond donors (Lipinski definition) is 1. The van der Waals surface area contributed by atoms with Crippen LogP contribution >= 0.6 is 27.5 Å². The first kappa shape index (κ1) is 16.3. The lowest BCUT2D eigenvalue weighted by molar-refractivity contribution is 0.414. The molecule has 21 heavy (non-hydrogen) atoms. The van der Waals surface area contributed by atoms with Gasteiger partial charge in [-0.1, -0.05) is 52.7 Å². The summed E-state index contributed by atoms with van der Waals surface area (Å²) in [6, 6.07) is 12.3. The van der Waals surface area contributed by atoms with Gasteiger partial charge in [0.15, 0.2) is 0 Å².